The van der Waals surface area contributed by atoms with Gasteiger partial charge in [0.1, 0.15) is 6.54 Å². The van der Waals surface area contributed by atoms with Crippen LogP contribution in [-0.4, -0.2) is 33.0 Å². The van der Waals surface area contributed by atoms with Crippen molar-refractivity contribution >= 4 is 23.6 Å². The Labute approximate surface area is 171 Å². The fraction of sp³-hybridized carbons (Fsp3) is 0.143. The zero-order chi connectivity index (χ0) is 20.8. The van der Waals surface area contributed by atoms with Crippen LogP contribution in [0.1, 0.15) is 15.9 Å². The molecular formula is C21H19N3O4S. The molecule has 0 radical (unpaired) electrons. The minimum Gasteiger partial charge on any atom is -0.478 e. The molecule has 8 heteroatoms. The minimum atomic E-state index is -1.01. The second-order valence-corrected chi connectivity index (χ2v) is 7.10. The zero-order valence-corrected chi connectivity index (χ0v) is 16.5. The van der Waals surface area contributed by atoms with Crippen molar-refractivity contribution in [1.29, 1.82) is 0 Å². The molecule has 1 amide bonds. The summed E-state index contributed by atoms with van der Waals surface area (Å²) in [6.45, 7) is 0.0199. The van der Waals surface area contributed by atoms with Gasteiger partial charge in [0.05, 0.1) is 11.3 Å². The molecule has 3 rings (SSSR count). The van der Waals surface area contributed by atoms with E-state index in [1.54, 1.807) is 30.0 Å². The van der Waals surface area contributed by atoms with Crippen LogP contribution in [0.5, 0.6) is 0 Å². The lowest BCUT2D eigenvalue weighted by Gasteiger charge is -2.09. The smallest absolute Gasteiger partial charge is 0.335 e. The molecule has 3 aromatic rings. The monoisotopic (exact) mass is 409 g/mol. The number of thioether (sulfide) groups is 1. The number of carboxylic acids is 1. The van der Waals surface area contributed by atoms with Crippen LogP contribution in [0, 0.1) is 0 Å². The number of hydrogen-bond acceptors (Lipinski definition) is 5. The molecule has 148 valence electrons. The Hall–Kier alpha value is -3.39. The predicted octanol–water partition coefficient (Wildman–Crippen LogP) is 2.65. The van der Waals surface area contributed by atoms with Gasteiger partial charge in [0.2, 0.25) is 5.91 Å². The van der Waals surface area contributed by atoms with Gasteiger partial charge in [-0.15, -0.1) is 11.8 Å². The Morgan fingerprint density at radius 1 is 1.03 bits per heavy atom. The molecule has 0 aliphatic heterocycles. The van der Waals surface area contributed by atoms with Gasteiger partial charge in [0, 0.05) is 23.1 Å². The Kier molecular flexibility index (Phi) is 6.46. The molecule has 1 heterocycles. The quantitative estimate of drug-likeness (QED) is 0.582. The fourth-order valence-corrected chi connectivity index (χ4v) is 3.04. The maximum Gasteiger partial charge on any atom is 0.335 e. The summed E-state index contributed by atoms with van der Waals surface area (Å²) in [6, 6.07) is 17.0. The molecule has 0 spiro atoms. The normalized spacial score (nSPS) is 10.5. The third-order valence-electron chi connectivity index (χ3n) is 4.24. The Balaban J connectivity index is 1.66. The van der Waals surface area contributed by atoms with Gasteiger partial charge in [-0.1, -0.05) is 24.3 Å². The van der Waals surface area contributed by atoms with Gasteiger partial charge >= 0.3 is 5.97 Å². The number of rotatable bonds is 7. The highest BCUT2D eigenvalue weighted by Crippen LogP contribution is 2.20. The summed E-state index contributed by atoms with van der Waals surface area (Å²) < 4.78 is 1.13. The van der Waals surface area contributed by atoms with Crippen LogP contribution in [0.15, 0.2) is 70.4 Å². The molecule has 7 nitrogen and oxygen atoms in total. The Morgan fingerprint density at radius 3 is 2.34 bits per heavy atom. The second kappa shape index (κ2) is 9.20. The van der Waals surface area contributed by atoms with E-state index in [0.29, 0.717) is 5.69 Å². The molecule has 0 unspecified atom stereocenters. The number of amides is 1. The lowest BCUT2D eigenvalue weighted by molar-refractivity contribution is -0.122. The van der Waals surface area contributed by atoms with Gasteiger partial charge in [0.25, 0.3) is 5.56 Å². The number of aromatic carboxylic acids is 1. The second-order valence-electron chi connectivity index (χ2n) is 6.22. The van der Waals surface area contributed by atoms with Crippen molar-refractivity contribution in [2.75, 3.05) is 6.26 Å². The lowest BCUT2D eigenvalue weighted by atomic mass is 10.1. The summed E-state index contributed by atoms with van der Waals surface area (Å²) in [4.78, 5) is 36.3. The summed E-state index contributed by atoms with van der Waals surface area (Å²) in [7, 11) is 0. The van der Waals surface area contributed by atoms with Crippen molar-refractivity contribution in [3.63, 3.8) is 0 Å². The highest BCUT2D eigenvalue weighted by molar-refractivity contribution is 7.98. The number of carbonyl (C=O) groups is 2. The number of carbonyl (C=O) groups excluding carboxylic acids is 1. The molecule has 0 saturated carbocycles. The number of benzene rings is 2. The van der Waals surface area contributed by atoms with Crippen LogP contribution in [0.4, 0.5) is 0 Å². The number of nitrogens with one attached hydrogen (secondary N) is 1. The van der Waals surface area contributed by atoms with Gasteiger partial charge in [-0.3, -0.25) is 9.59 Å². The molecule has 0 aliphatic carbocycles. The highest BCUT2D eigenvalue weighted by Gasteiger charge is 2.09. The predicted molar refractivity (Wildman–Crippen MR) is 111 cm³/mol. The molecule has 0 aliphatic rings. The van der Waals surface area contributed by atoms with Crippen molar-refractivity contribution in [1.82, 2.24) is 15.1 Å². The number of aromatic nitrogens is 2. The van der Waals surface area contributed by atoms with Gasteiger partial charge in [-0.2, -0.15) is 5.10 Å². The van der Waals surface area contributed by atoms with E-state index in [-0.39, 0.29) is 30.1 Å². The molecule has 29 heavy (non-hydrogen) atoms. The Bertz CT molecular complexity index is 1080. The third-order valence-corrected chi connectivity index (χ3v) is 4.98. The van der Waals surface area contributed by atoms with E-state index in [2.05, 4.69) is 10.4 Å². The zero-order valence-electron chi connectivity index (χ0n) is 15.7. The largest absolute Gasteiger partial charge is 0.478 e. The first-order valence-electron chi connectivity index (χ1n) is 8.78. The van der Waals surface area contributed by atoms with Crippen molar-refractivity contribution < 1.29 is 14.7 Å². The summed E-state index contributed by atoms with van der Waals surface area (Å²) in [5, 5.41) is 15.9. The van der Waals surface area contributed by atoms with Gasteiger partial charge in [-0.05, 0) is 42.2 Å². The first-order chi connectivity index (χ1) is 14.0. The van der Waals surface area contributed by atoms with E-state index in [0.717, 1.165) is 20.7 Å². The van der Waals surface area contributed by atoms with Gasteiger partial charge < -0.3 is 10.4 Å². The molecular weight excluding hydrogens is 390 g/mol. The molecule has 0 bridgehead atoms. The fourth-order valence-electron chi connectivity index (χ4n) is 2.64. The first-order valence-corrected chi connectivity index (χ1v) is 10.0. The third kappa shape index (κ3) is 5.32. The van der Waals surface area contributed by atoms with E-state index in [4.69, 9.17) is 5.11 Å². The lowest BCUT2D eigenvalue weighted by Crippen LogP contribution is -2.33. The summed E-state index contributed by atoms with van der Waals surface area (Å²) in [6.07, 6.45) is 1.99. The van der Waals surface area contributed by atoms with E-state index in [1.807, 2.05) is 30.5 Å². The number of carboxylic acid groups (broad SMARTS) is 1. The highest BCUT2D eigenvalue weighted by atomic mass is 32.2. The van der Waals surface area contributed by atoms with Crippen LogP contribution >= 0.6 is 11.8 Å². The maximum atomic E-state index is 12.2. The summed E-state index contributed by atoms with van der Waals surface area (Å²) in [5.74, 6) is -1.37. The molecule has 0 atom stereocenters. The standard InChI is InChI=1S/C21H19N3O4S/c1-29-17-8-6-15(7-9-17)18-10-11-20(26)24(23-18)13-19(25)22-12-14-2-4-16(5-3-14)21(27)28/h2-11H,12-13H2,1H3,(H,22,25)(H,27,28). The van der Waals surface area contributed by atoms with Gasteiger partial charge in [0.15, 0.2) is 0 Å². The molecule has 1 aromatic heterocycles. The maximum absolute atomic E-state index is 12.2. The van der Waals surface area contributed by atoms with Crippen molar-refractivity contribution in [2.45, 2.75) is 18.0 Å². The van der Waals surface area contributed by atoms with Crippen molar-refractivity contribution in [3.05, 3.63) is 82.1 Å². The average molecular weight is 409 g/mol. The van der Waals surface area contributed by atoms with Gasteiger partial charge in [-0.25, -0.2) is 9.48 Å². The van der Waals surface area contributed by atoms with Crippen LogP contribution < -0.4 is 10.9 Å². The number of hydrogen-bond donors (Lipinski definition) is 2. The summed E-state index contributed by atoms with van der Waals surface area (Å²) >= 11 is 1.63. The van der Waals surface area contributed by atoms with Crippen LogP contribution in [0.2, 0.25) is 0 Å². The average Bonchev–Trinajstić information content (AvgIpc) is 2.74. The van der Waals surface area contributed by atoms with Crippen molar-refractivity contribution in [3.8, 4) is 11.3 Å². The minimum absolute atomic E-state index is 0.179. The molecule has 0 fully saturated rings. The first kappa shape index (κ1) is 20.3. The SMILES string of the molecule is CSc1ccc(-c2ccc(=O)n(CC(=O)NCc3ccc(C(=O)O)cc3)n2)cc1. The summed E-state index contributed by atoms with van der Waals surface area (Å²) in [5.41, 5.74) is 2.03. The van der Waals surface area contributed by atoms with E-state index < -0.39 is 5.97 Å². The molecule has 2 N–H and O–H groups in total. The number of nitrogens with zero attached hydrogens (tertiary/aromatic N) is 2. The van der Waals surface area contributed by atoms with Crippen LogP contribution in [0.25, 0.3) is 11.3 Å². The molecule has 0 saturated heterocycles. The van der Waals surface area contributed by atoms with E-state index in [1.165, 1.54) is 18.2 Å². The van der Waals surface area contributed by atoms with Crippen LogP contribution in [0.3, 0.4) is 0 Å². The Morgan fingerprint density at radius 2 is 1.72 bits per heavy atom. The van der Waals surface area contributed by atoms with Crippen LogP contribution in [-0.2, 0) is 17.9 Å². The van der Waals surface area contributed by atoms with E-state index in [9.17, 15) is 14.4 Å². The topological polar surface area (TPSA) is 101 Å². The van der Waals surface area contributed by atoms with Crippen molar-refractivity contribution in [2.24, 2.45) is 0 Å². The van der Waals surface area contributed by atoms with E-state index >= 15 is 0 Å². The molecule has 2 aromatic carbocycles.